The predicted octanol–water partition coefficient (Wildman–Crippen LogP) is 3.16. The van der Waals surface area contributed by atoms with Gasteiger partial charge < -0.3 is 9.84 Å². The lowest BCUT2D eigenvalue weighted by atomic mass is 9.99. The monoisotopic (exact) mass is 234 g/mol. The van der Waals surface area contributed by atoms with E-state index in [-0.39, 0.29) is 12.0 Å². The summed E-state index contributed by atoms with van der Waals surface area (Å²) < 4.78 is 5.81. The number of benzene rings is 1. The highest BCUT2D eigenvalue weighted by molar-refractivity contribution is 5.13. The van der Waals surface area contributed by atoms with Crippen molar-refractivity contribution in [3.05, 3.63) is 48.6 Å². The molecule has 0 aromatic heterocycles. The highest BCUT2D eigenvalue weighted by atomic mass is 16.5. The second-order valence-electron chi connectivity index (χ2n) is 4.60. The van der Waals surface area contributed by atoms with E-state index < -0.39 is 6.10 Å². The molecule has 0 spiro atoms. The van der Waals surface area contributed by atoms with E-state index in [1.165, 1.54) is 0 Å². The minimum Gasteiger partial charge on any atom is -0.390 e. The third-order valence-corrected chi connectivity index (χ3v) is 2.73. The molecule has 0 bridgehead atoms. The fraction of sp³-hybridized carbons (Fsp3) is 0.467. The third kappa shape index (κ3) is 4.72. The van der Waals surface area contributed by atoms with Gasteiger partial charge in [-0.2, -0.15) is 0 Å². The van der Waals surface area contributed by atoms with Crippen molar-refractivity contribution in [1.29, 1.82) is 0 Å². The largest absolute Gasteiger partial charge is 0.390 e. The summed E-state index contributed by atoms with van der Waals surface area (Å²) in [6.07, 6.45) is 1.67. The first kappa shape index (κ1) is 13.9. The molecule has 0 radical (unpaired) electrons. The van der Waals surface area contributed by atoms with Crippen molar-refractivity contribution in [3.8, 4) is 0 Å². The average Bonchev–Trinajstić information content (AvgIpc) is 2.30. The van der Waals surface area contributed by atoms with Crippen LogP contribution in [0.3, 0.4) is 0 Å². The molecule has 1 rings (SSSR count). The van der Waals surface area contributed by atoms with Gasteiger partial charge in [-0.25, -0.2) is 0 Å². The first-order valence-electron chi connectivity index (χ1n) is 6.09. The maximum atomic E-state index is 9.96. The molecular weight excluding hydrogens is 212 g/mol. The van der Waals surface area contributed by atoms with E-state index in [2.05, 4.69) is 20.4 Å². The summed E-state index contributed by atoms with van der Waals surface area (Å²) in [5.74, 6) is 0.286. The lowest BCUT2D eigenvalue weighted by Crippen LogP contribution is -2.33. The van der Waals surface area contributed by atoms with Crippen molar-refractivity contribution < 1.29 is 9.84 Å². The summed E-state index contributed by atoms with van der Waals surface area (Å²) in [5.41, 5.74) is 1.13. The predicted molar refractivity (Wildman–Crippen MR) is 70.7 cm³/mol. The molecule has 0 amide bonds. The van der Waals surface area contributed by atoms with Crippen molar-refractivity contribution in [2.45, 2.75) is 39.1 Å². The van der Waals surface area contributed by atoms with Crippen molar-refractivity contribution in [2.24, 2.45) is 5.92 Å². The summed E-state index contributed by atoms with van der Waals surface area (Å²) in [5, 5.41) is 9.96. The topological polar surface area (TPSA) is 29.5 Å². The van der Waals surface area contributed by atoms with Crippen LogP contribution in [0.25, 0.3) is 0 Å². The first-order chi connectivity index (χ1) is 8.15. The molecule has 1 aromatic rings. The number of aliphatic hydroxyl groups is 1. The Balaban J connectivity index is 2.53. The van der Waals surface area contributed by atoms with Gasteiger partial charge in [-0.05, 0) is 17.9 Å². The van der Waals surface area contributed by atoms with E-state index >= 15 is 0 Å². The molecule has 0 saturated heterocycles. The lowest BCUT2D eigenvalue weighted by molar-refractivity contribution is -0.0678. The second kappa shape index (κ2) is 7.25. The molecule has 17 heavy (non-hydrogen) atoms. The molecule has 2 atom stereocenters. The van der Waals surface area contributed by atoms with Crippen LogP contribution in [0.2, 0.25) is 0 Å². The quantitative estimate of drug-likeness (QED) is 0.734. The zero-order chi connectivity index (χ0) is 12.7. The molecule has 0 aliphatic heterocycles. The fourth-order valence-corrected chi connectivity index (χ4v) is 1.82. The van der Waals surface area contributed by atoms with Gasteiger partial charge in [0.1, 0.15) is 0 Å². The average molecular weight is 234 g/mol. The molecule has 2 heteroatoms. The Kier molecular flexibility index (Phi) is 5.95. The van der Waals surface area contributed by atoms with Crippen LogP contribution in [0.5, 0.6) is 0 Å². The Morgan fingerprint density at radius 2 is 1.94 bits per heavy atom. The Bertz CT molecular complexity index is 319. The first-order valence-corrected chi connectivity index (χ1v) is 6.09. The summed E-state index contributed by atoms with van der Waals surface area (Å²) in [6, 6.07) is 10.0. The van der Waals surface area contributed by atoms with E-state index in [0.29, 0.717) is 13.0 Å². The van der Waals surface area contributed by atoms with Crippen LogP contribution < -0.4 is 0 Å². The van der Waals surface area contributed by atoms with Gasteiger partial charge in [0, 0.05) is 0 Å². The Hall–Kier alpha value is -1.12. The Labute approximate surface area is 104 Å². The van der Waals surface area contributed by atoms with Crippen LogP contribution >= 0.6 is 0 Å². The lowest BCUT2D eigenvalue weighted by Gasteiger charge is -2.26. The van der Waals surface area contributed by atoms with Gasteiger partial charge in [0.25, 0.3) is 0 Å². The normalized spacial score (nSPS) is 14.6. The molecule has 1 N–H and O–H groups in total. The summed E-state index contributed by atoms with van der Waals surface area (Å²) >= 11 is 0. The Morgan fingerprint density at radius 3 is 2.47 bits per heavy atom. The van der Waals surface area contributed by atoms with Gasteiger partial charge in [-0.15, -0.1) is 6.58 Å². The van der Waals surface area contributed by atoms with Crippen molar-refractivity contribution in [3.63, 3.8) is 0 Å². The number of rotatable bonds is 7. The number of aliphatic hydroxyl groups excluding tert-OH is 1. The summed E-state index contributed by atoms with van der Waals surface area (Å²) in [7, 11) is 0. The van der Waals surface area contributed by atoms with Gasteiger partial charge in [-0.3, -0.25) is 0 Å². The van der Waals surface area contributed by atoms with Crippen LogP contribution in [0, 0.1) is 5.92 Å². The molecule has 0 saturated carbocycles. The molecule has 94 valence electrons. The maximum absolute atomic E-state index is 9.96. The van der Waals surface area contributed by atoms with E-state index in [0.717, 1.165) is 5.56 Å². The fourth-order valence-electron chi connectivity index (χ4n) is 1.82. The van der Waals surface area contributed by atoms with E-state index in [1.54, 1.807) is 6.08 Å². The van der Waals surface area contributed by atoms with E-state index in [4.69, 9.17) is 4.74 Å². The summed E-state index contributed by atoms with van der Waals surface area (Å²) in [6.45, 7) is 8.30. The van der Waals surface area contributed by atoms with Crippen LogP contribution in [-0.2, 0) is 11.3 Å². The number of hydrogen-bond acceptors (Lipinski definition) is 2. The minimum absolute atomic E-state index is 0.145. The molecule has 0 heterocycles. The highest BCUT2D eigenvalue weighted by Gasteiger charge is 2.22. The molecular formula is C15H22O2. The second-order valence-corrected chi connectivity index (χ2v) is 4.60. The molecule has 2 nitrogen and oxygen atoms in total. The zero-order valence-corrected chi connectivity index (χ0v) is 10.7. The van der Waals surface area contributed by atoms with Crippen molar-refractivity contribution in [2.75, 3.05) is 0 Å². The van der Waals surface area contributed by atoms with Crippen LogP contribution in [0.4, 0.5) is 0 Å². The third-order valence-electron chi connectivity index (χ3n) is 2.73. The zero-order valence-electron chi connectivity index (χ0n) is 10.7. The molecule has 1 unspecified atom stereocenters. The molecule has 0 fully saturated rings. The number of ether oxygens (including phenoxy) is 1. The van der Waals surface area contributed by atoms with Gasteiger partial charge in [0.15, 0.2) is 0 Å². The minimum atomic E-state index is -0.476. The van der Waals surface area contributed by atoms with Crippen molar-refractivity contribution >= 4 is 0 Å². The van der Waals surface area contributed by atoms with Crippen LogP contribution in [0.15, 0.2) is 43.0 Å². The van der Waals surface area contributed by atoms with Gasteiger partial charge in [0.05, 0.1) is 18.8 Å². The van der Waals surface area contributed by atoms with E-state index in [1.807, 2.05) is 30.3 Å². The van der Waals surface area contributed by atoms with Crippen LogP contribution in [-0.4, -0.2) is 17.3 Å². The van der Waals surface area contributed by atoms with Crippen LogP contribution in [0.1, 0.15) is 25.8 Å². The van der Waals surface area contributed by atoms with Gasteiger partial charge in [0.2, 0.25) is 0 Å². The smallest absolute Gasteiger partial charge is 0.0864 e. The van der Waals surface area contributed by atoms with Gasteiger partial charge >= 0.3 is 0 Å². The van der Waals surface area contributed by atoms with Crippen molar-refractivity contribution in [1.82, 2.24) is 0 Å². The van der Waals surface area contributed by atoms with E-state index in [9.17, 15) is 5.11 Å². The van der Waals surface area contributed by atoms with Gasteiger partial charge in [-0.1, -0.05) is 50.3 Å². The highest BCUT2D eigenvalue weighted by Crippen LogP contribution is 2.16. The molecule has 0 aliphatic carbocycles. The SMILES string of the molecule is C=CCC(O)[C@@H](OCc1ccccc1)C(C)C. The number of hydrogen-bond donors (Lipinski definition) is 1. The molecule has 0 aliphatic rings. The standard InChI is InChI=1S/C15H22O2/c1-4-8-14(16)15(12(2)3)17-11-13-9-6-5-7-10-13/h4-7,9-10,12,14-16H,1,8,11H2,2-3H3/t14?,15-/m0/s1. The molecule has 1 aromatic carbocycles. The summed E-state index contributed by atoms with van der Waals surface area (Å²) in [4.78, 5) is 0. The maximum Gasteiger partial charge on any atom is 0.0864 e. The Morgan fingerprint density at radius 1 is 1.29 bits per heavy atom.